The summed E-state index contributed by atoms with van der Waals surface area (Å²) in [5.41, 5.74) is -0.613. The molecule has 1 heterocycles. The van der Waals surface area contributed by atoms with Crippen molar-refractivity contribution in [3.63, 3.8) is 0 Å². The average molecular weight is 377 g/mol. The van der Waals surface area contributed by atoms with E-state index >= 15 is 0 Å². The van der Waals surface area contributed by atoms with Crippen LogP contribution in [-0.4, -0.2) is 48.2 Å². The zero-order valence-corrected chi connectivity index (χ0v) is 15.6. The number of ketones is 1. The Balaban J connectivity index is 2.66. The number of ether oxygens (including phenoxy) is 1. The van der Waals surface area contributed by atoms with Gasteiger partial charge in [-0.15, -0.1) is 0 Å². The lowest BCUT2D eigenvalue weighted by Crippen LogP contribution is -2.44. The van der Waals surface area contributed by atoms with Gasteiger partial charge in [-0.1, -0.05) is 6.08 Å². The van der Waals surface area contributed by atoms with E-state index in [0.29, 0.717) is 19.4 Å². The van der Waals surface area contributed by atoms with Gasteiger partial charge in [0.2, 0.25) is 0 Å². The number of azo groups is 1. The standard InChI is InChI=1S/C17H26F3N3O3/c1-5-13(22-21-9-8-17(18,19)20)14(24)12-7-6-10-23(11-12)15(25)26-16(2,3)4/h5,12H,6-11H2,1-4H3/b13-5+,22-21?. The Bertz CT molecular complexity index is 566. The highest BCUT2D eigenvalue weighted by molar-refractivity contribution is 5.97. The Kier molecular flexibility index (Phi) is 7.77. The molecule has 1 saturated heterocycles. The number of carbonyl (C=O) groups excluding carboxylic acids is 2. The Labute approximate surface area is 151 Å². The highest BCUT2D eigenvalue weighted by Gasteiger charge is 2.32. The number of allylic oxidation sites excluding steroid dienone is 2. The molecular formula is C17H26F3N3O3. The minimum Gasteiger partial charge on any atom is -0.444 e. The third-order valence-corrected chi connectivity index (χ3v) is 3.64. The summed E-state index contributed by atoms with van der Waals surface area (Å²) in [6.07, 6.45) is -3.24. The van der Waals surface area contributed by atoms with Crippen molar-refractivity contribution >= 4 is 11.9 Å². The first-order chi connectivity index (χ1) is 11.9. The number of halogens is 3. The minimum absolute atomic E-state index is 0.0169. The quantitative estimate of drug-likeness (QED) is 0.523. The summed E-state index contributed by atoms with van der Waals surface area (Å²) in [6.45, 7) is 7.03. The molecule has 0 bridgehead atoms. The Morgan fingerprint density at radius 2 is 1.92 bits per heavy atom. The molecular weight excluding hydrogens is 351 g/mol. The van der Waals surface area contributed by atoms with Crippen LogP contribution in [0.5, 0.6) is 0 Å². The van der Waals surface area contributed by atoms with Gasteiger partial charge in [-0.25, -0.2) is 4.79 Å². The Morgan fingerprint density at radius 1 is 1.27 bits per heavy atom. The van der Waals surface area contributed by atoms with E-state index in [9.17, 15) is 22.8 Å². The number of hydrogen-bond acceptors (Lipinski definition) is 5. The molecule has 0 N–H and O–H groups in total. The lowest BCUT2D eigenvalue weighted by molar-refractivity contribution is -0.132. The van der Waals surface area contributed by atoms with E-state index in [1.54, 1.807) is 27.7 Å². The third kappa shape index (κ3) is 7.97. The summed E-state index contributed by atoms with van der Waals surface area (Å²) >= 11 is 0. The molecule has 6 nitrogen and oxygen atoms in total. The second-order valence-corrected chi connectivity index (χ2v) is 7.13. The van der Waals surface area contributed by atoms with Gasteiger partial charge in [0.1, 0.15) is 11.3 Å². The predicted octanol–water partition coefficient (Wildman–Crippen LogP) is 4.51. The molecule has 148 valence electrons. The lowest BCUT2D eigenvalue weighted by atomic mass is 9.92. The van der Waals surface area contributed by atoms with Crippen LogP contribution < -0.4 is 0 Å². The van der Waals surface area contributed by atoms with Gasteiger partial charge in [0.05, 0.1) is 13.0 Å². The molecule has 26 heavy (non-hydrogen) atoms. The van der Waals surface area contributed by atoms with Crippen LogP contribution in [0.15, 0.2) is 22.0 Å². The normalized spacial score (nSPS) is 19.7. The van der Waals surface area contributed by atoms with Crippen LogP contribution in [0.4, 0.5) is 18.0 Å². The number of likely N-dealkylation sites (tertiary alicyclic amines) is 1. The number of rotatable bonds is 5. The minimum atomic E-state index is -4.31. The zero-order chi connectivity index (χ0) is 20.0. The molecule has 9 heteroatoms. The molecule has 0 saturated carbocycles. The van der Waals surface area contributed by atoms with Crippen molar-refractivity contribution in [3.05, 3.63) is 11.8 Å². The monoisotopic (exact) mass is 377 g/mol. The number of piperidine rings is 1. The van der Waals surface area contributed by atoms with Crippen molar-refractivity contribution in [2.75, 3.05) is 19.6 Å². The predicted molar refractivity (Wildman–Crippen MR) is 89.7 cm³/mol. The maximum Gasteiger partial charge on any atom is 0.410 e. The fourth-order valence-electron chi connectivity index (χ4n) is 2.44. The molecule has 0 aliphatic carbocycles. The van der Waals surface area contributed by atoms with E-state index in [4.69, 9.17) is 4.74 Å². The largest absolute Gasteiger partial charge is 0.444 e. The number of carbonyl (C=O) groups is 2. The van der Waals surface area contributed by atoms with Crippen molar-refractivity contribution in [1.29, 1.82) is 0 Å². The molecule has 1 aliphatic heterocycles. The maximum atomic E-state index is 12.6. The fraction of sp³-hybridized carbons (Fsp3) is 0.765. The summed E-state index contributed by atoms with van der Waals surface area (Å²) in [6, 6.07) is 0. The summed E-state index contributed by atoms with van der Waals surface area (Å²) in [5, 5.41) is 7.11. The van der Waals surface area contributed by atoms with Gasteiger partial charge in [0, 0.05) is 19.0 Å². The van der Waals surface area contributed by atoms with Crippen LogP contribution in [0.25, 0.3) is 0 Å². The van der Waals surface area contributed by atoms with Crippen molar-refractivity contribution in [1.82, 2.24) is 4.90 Å². The van der Waals surface area contributed by atoms with Crippen molar-refractivity contribution in [3.8, 4) is 0 Å². The van der Waals surface area contributed by atoms with E-state index < -0.39 is 36.8 Å². The summed E-state index contributed by atoms with van der Waals surface area (Å²) < 4.78 is 41.7. The zero-order valence-electron chi connectivity index (χ0n) is 15.6. The molecule has 0 aromatic carbocycles. The Morgan fingerprint density at radius 3 is 2.46 bits per heavy atom. The van der Waals surface area contributed by atoms with Crippen molar-refractivity contribution < 1.29 is 27.5 Å². The van der Waals surface area contributed by atoms with E-state index in [-0.39, 0.29) is 18.0 Å². The third-order valence-electron chi connectivity index (χ3n) is 3.64. The van der Waals surface area contributed by atoms with Gasteiger partial charge < -0.3 is 9.64 Å². The molecule has 1 atom stereocenters. The maximum absolute atomic E-state index is 12.6. The van der Waals surface area contributed by atoms with Crippen LogP contribution in [-0.2, 0) is 9.53 Å². The molecule has 1 unspecified atom stereocenters. The molecule has 0 aromatic rings. The van der Waals surface area contributed by atoms with E-state index in [2.05, 4.69) is 10.2 Å². The first kappa shape index (κ1) is 22.1. The number of hydrogen-bond donors (Lipinski definition) is 0. The number of nitrogens with zero attached hydrogens (tertiary/aromatic N) is 3. The van der Waals surface area contributed by atoms with Gasteiger partial charge in [0.15, 0.2) is 5.78 Å². The van der Waals surface area contributed by atoms with Crippen LogP contribution in [0.1, 0.15) is 47.0 Å². The lowest BCUT2D eigenvalue weighted by Gasteiger charge is -2.33. The molecule has 0 spiro atoms. The van der Waals surface area contributed by atoms with E-state index in [1.807, 2.05) is 0 Å². The number of amides is 1. The van der Waals surface area contributed by atoms with Gasteiger partial charge in [-0.3, -0.25) is 4.79 Å². The Hall–Kier alpha value is -1.93. The second kappa shape index (κ2) is 9.14. The molecule has 1 amide bonds. The van der Waals surface area contributed by atoms with Gasteiger partial charge >= 0.3 is 12.3 Å². The molecule has 1 rings (SSSR count). The highest BCUT2D eigenvalue weighted by atomic mass is 19.4. The fourth-order valence-corrected chi connectivity index (χ4v) is 2.44. The smallest absolute Gasteiger partial charge is 0.410 e. The number of alkyl halides is 3. The SMILES string of the molecule is C/C=C(/N=NCCC(F)(F)F)C(=O)C1CCCN(C(=O)OC(C)(C)C)C1. The molecule has 0 aromatic heterocycles. The average Bonchev–Trinajstić information content (AvgIpc) is 2.52. The van der Waals surface area contributed by atoms with Gasteiger partial charge in [-0.2, -0.15) is 23.4 Å². The van der Waals surface area contributed by atoms with Crippen LogP contribution in [0, 0.1) is 5.92 Å². The van der Waals surface area contributed by atoms with E-state index in [0.717, 1.165) is 0 Å². The summed E-state index contributed by atoms with van der Waals surface area (Å²) in [4.78, 5) is 26.2. The molecule has 1 aliphatic rings. The van der Waals surface area contributed by atoms with Crippen LogP contribution in [0.2, 0.25) is 0 Å². The highest BCUT2D eigenvalue weighted by Crippen LogP contribution is 2.23. The molecule has 0 radical (unpaired) electrons. The second-order valence-electron chi connectivity index (χ2n) is 7.13. The van der Waals surface area contributed by atoms with Gasteiger partial charge in [-0.05, 0) is 40.5 Å². The first-order valence-corrected chi connectivity index (χ1v) is 8.55. The van der Waals surface area contributed by atoms with Crippen LogP contribution in [0.3, 0.4) is 0 Å². The van der Waals surface area contributed by atoms with Crippen molar-refractivity contribution in [2.45, 2.75) is 58.7 Å². The summed E-state index contributed by atoms with van der Waals surface area (Å²) in [5.74, 6) is -0.791. The molecule has 1 fully saturated rings. The van der Waals surface area contributed by atoms with Gasteiger partial charge in [0.25, 0.3) is 0 Å². The topological polar surface area (TPSA) is 71.3 Å². The number of Topliss-reactive ketones (excluding diaryl/α,β-unsaturated/α-hetero) is 1. The van der Waals surface area contributed by atoms with Crippen molar-refractivity contribution in [2.24, 2.45) is 16.1 Å². The first-order valence-electron chi connectivity index (χ1n) is 8.55. The summed E-state index contributed by atoms with van der Waals surface area (Å²) in [7, 11) is 0. The van der Waals surface area contributed by atoms with E-state index in [1.165, 1.54) is 11.0 Å². The van der Waals surface area contributed by atoms with Crippen LogP contribution >= 0.6 is 0 Å².